The maximum atomic E-state index is 12.5. The van der Waals surface area contributed by atoms with Gasteiger partial charge < -0.3 is 0 Å². The number of rotatable bonds is 6. The van der Waals surface area contributed by atoms with Crippen LogP contribution in [0.15, 0.2) is 42.5 Å². The van der Waals surface area contributed by atoms with E-state index in [2.05, 4.69) is 15.6 Å². The molecule has 0 heterocycles. The summed E-state index contributed by atoms with van der Waals surface area (Å²) in [6.45, 7) is 3.33. The highest BCUT2D eigenvalue weighted by Gasteiger charge is 2.29. The Morgan fingerprint density at radius 1 is 1.00 bits per heavy atom. The van der Waals surface area contributed by atoms with E-state index in [-0.39, 0.29) is 17.9 Å². The summed E-state index contributed by atoms with van der Waals surface area (Å²) in [6.07, 6.45) is 2.71. The second-order valence-corrected chi connectivity index (χ2v) is 9.67. The van der Waals surface area contributed by atoms with Crippen LogP contribution in [0.3, 0.4) is 0 Å². The highest BCUT2D eigenvalue weighted by atomic mass is 32.2. The van der Waals surface area contributed by atoms with Gasteiger partial charge in [0.05, 0.1) is 10.9 Å². The molecule has 1 aliphatic carbocycles. The first-order chi connectivity index (χ1) is 12.9. The molecule has 1 saturated carbocycles. The van der Waals surface area contributed by atoms with Gasteiger partial charge in [-0.1, -0.05) is 36.4 Å². The van der Waals surface area contributed by atoms with Gasteiger partial charge in [-0.3, -0.25) is 15.6 Å². The maximum Gasteiger partial charge on any atom is 0.241 e. The SMILES string of the molecule is CC(C)S(=O)(=O)NC1CCC(C(=O)NNc2cccc3ccccc23)CC1. The standard InChI is InChI=1S/C20H27N3O3S/c1-14(2)27(25,26)23-17-12-10-16(11-13-17)20(24)22-21-19-9-5-7-15-6-3-4-8-18(15)19/h3-9,14,16-17,21,23H,10-13H2,1-2H3,(H,22,24). The van der Waals surface area contributed by atoms with Crippen LogP contribution >= 0.6 is 0 Å². The third-order valence-corrected chi connectivity index (χ3v) is 7.06. The molecule has 0 aromatic heterocycles. The molecule has 3 N–H and O–H groups in total. The van der Waals surface area contributed by atoms with Gasteiger partial charge in [-0.2, -0.15) is 0 Å². The van der Waals surface area contributed by atoms with Gasteiger partial charge in [0.1, 0.15) is 0 Å². The maximum absolute atomic E-state index is 12.5. The van der Waals surface area contributed by atoms with Crippen molar-refractivity contribution < 1.29 is 13.2 Å². The number of nitrogens with one attached hydrogen (secondary N) is 3. The fourth-order valence-corrected chi connectivity index (χ4v) is 4.38. The van der Waals surface area contributed by atoms with E-state index in [4.69, 9.17) is 0 Å². The molecular weight excluding hydrogens is 362 g/mol. The molecule has 2 aromatic rings. The molecule has 146 valence electrons. The third-order valence-electron chi connectivity index (χ3n) is 5.16. The minimum Gasteiger partial charge on any atom is -0.298 e. The largest absolute Gasteiger partial charge is 0.298 e. The summed E-state index contributed by atoms with van der Waals surface area (Å²) in [6, 6.07) is 13.8. The number of hydrogen-bond donors (Lipinski definition) is 3. The van der Waals surface area contributed by atoms with Crippen LogP contribution in [0, 0.1) is 5.92 Å². The topological polar surface area (TPSA) is 87.3 Å². The van der Waals surface area contributed by atoms with Gasteiger partial charge in [0.25, 0.3) is 0 Å². The molecule has 2 aromatic carbocycles. The van der Waals surface area contributed by atoms with Crippen LogP contribution < -0.4 is 15.6 Å². The van der Waals surface area contributed by atoms with E-state index in [0.29, 0.717) is 25.7 Å². The minimum absolute atomic E-state index is 0.0481. The Bertz CT molecular complexity index is 898. The molecule has 1 amide bonds. The van der Waals surface area contributed by atoms with Crippen molar-refractivity contribution in [1.82, 2.24) is 10.1 Å². The molecule has 7 heteroatoms. The van der Waals surface area contributed by atoms with E-state index in [1.165, 1.54) is 0 Å². The second-order valence-electron chi connectivity index (χ2n) is 7.40. The van der Waals surface area contributed by atoms with Gasteiger partial charge in [0.2, 0.25) is 15.9 Å². The fourth-order valence-electron chi connectivity index (χ4n) is 3.41. The molecule has 1 aliphatic rings. The lowest BCUT2D eigenvalue weighted by Gasteiger charge is -2.29. The highest BCUT2D eigenvalue weighted by molar-refractivity contribution is 7.90. The lowest BCUT2D eigenvalue weighted by molar-refractivity contribution is -0.125. The van der Waals surface area contributed by atoms with Crippen LogP contribution in [0.5, 0.6) is 0 Å². The molecular formula is C20H27N3O3S. The highest BCUT2D eigenvalue weighted by Crippen LogP contribution is 2.26. The summed E-state index contributed by atoms with van der Waals surface area (Å²) in [4.78, 5) is 12.5. The van der Waals surface area contributed by atoms with Crippen LogP contribution in [0.2, 0.25) is 0 Å². The first-order valence-corrected chi connectivity index (χ1v) is 11.0. The number of benzene rings is 2. The summed E-state index contributed by atoms with van der Waals surface area (Å²) in [5.74, 6) is -0.152. The predicted molar refractivity (Wildman–Crippen MR) is 109 cm³/mol. The van der Waals surface area contributed by atoms with E-state index < -0.39 is 15.3 Å². The van der Waals surface area contributed by atoms with E-state index in [1.807, 2.05) is 42.5 Å². The van der Waals surface area contributed by atoms with Crippen molar-refractivity contribution in [2.24, 2.45) is 5.92 Å². The van der Waals surface area contributed by atoms with E-state index in [0.717, 1.165) is 16.5 Å². The Morgan fingerprint density at radius 2 is 1.67 bits per heavy atom. The van der Waals surface area contributed by atoms with Crippen molar-refractivity contribution in [3.05, 3.63) is 42.5 Å². The zero-order valence-electron chi connectivity index (χ0n) is 15.7. The van der Waals surface area contributed by atoms with Crippen LogP contribution in [0.25, 0.3) is 10.8 Å². The molecule has 0 atom stereocenters. The Balaban J connectivity index is 1.53. The van der Waals surface area contributed by atoms with Crippen LogP contribution in [-0.4, -0.2) is 25.6 Å². The molecule has 3 rings (SSSR count). The van der Waals surface area contributed by atoms with Gasteiger partial charge in [-0.25, -0.2) is 13.1 Å². The lowest BCUT2D eigenvalue weighted by atomic mass is 9.86. The lowest BCUT2D eigenvalue weighted by Crippen LogP contribution is -2.43. The Morgan fingerprint density at radius 3 is 2.37 bits per heavy atom. The van der Waals surface area contributed by atoms with Crippen molar-refractivity contribution in [3.63, 3.8) is 0 Å². The average Bonchev–Trinajstić information content (AvgIpc) is 2.66. The molecule has 0 aliphatic heterocycles. The molecule has 0 radical (unpaired) electrons. The van der Waals surface area contributed by atoms with Gasteiger partial charge in [-0.15, -0.1) is 0 Å². The zero-order valence-corrected chi connectivity index (χ0v) is 16.6. The first kappa shape index (κ1) is 19.6. The Labute approximate surface area is 160 Å². The molecule has 0 spiro atoms. The second kappa shape index (κ2) is 8.27. The van der Waals surface area contributed by atoms with Crippen molar-refractivity contribution in [3.8, 4) is 0 Å². The van der Waals surface area contributed by atoms with Crippen molar-refractivity contribution in [2.45, 2.75) is 50.8 Å². The number of fused-ring (bicyclic) bond motifs is 1. The third kappa shape index (κ3) is 4.78. The molecule has 0 unspecified atom stereocenters. The average molecular weight is 390 g/mol. The van der Waals surface area contributed by atoms with Crippen LogP contribution in [0.4, 0.5) is 5.69 Å². The molecule has 6 nitrogen and oxygen atoms in total. The zero-order chi connectivity index (χ0) is 19.4. The van der Waals surface area contributed by atoms with Crippen molar-refractivity contribution >= 4 is 32.4 Å². The summed E-state index contributed by atoms with van der Waals surface area (Å²) in [5.41, 5.74) is 6.71. The van der Waals surface area contributed by atoms with Crippen molar-refractivity contribution in [1.29, 1.82) is 0 Å². The van der Waals surface area contributed by atoms with Crippen molar-refractivity contribution in [2.75, 3.05) is 5.43 Å². The molecule has 0 saturated heterocycles. The summed E-state index contributed by atoms with van der Waals surface area (Å²) < 4.78 is 26.7. The monoisotopic (exact) mass is 389 g/mol. The Hall–Kier alpha value is -2.12. The van der Waals surface area contributed by atoms with Gasteiger partial charge >= 0.3 is 0 Å². The number of anilines is 1. The van der Waals surface area contributed by atoms with Gasteiger partial charge in [0, 0.05) is 17.3 Å². The Kier molecular flexibility index (Phi) is 6.01. The van der Waals surface area contributed by atoms with Crippen LogP contribution in [-0.2, 0) is 14.8 Å². The van der Waals surface area contributed by atoms with Gasteiger partial charge in [-0.05, 0) is 51.0 Å². The number of sulfonamides is 1. The molecule has 27 heavy (non-hydrogen) atoms. The number of hydrazine groups is 1. The number of hydrogen-bond acceptors (Lipinski definition) is 4. The van der Waals surface area contributed by atoms with E-state index in [1.54, 1.807) is 13.8 Å². The normalized spacial score (nSPS) is 20.6. The first-order valence-electron chi connectivity index (χ1n) is 9.41. The minimum atomic E-state index is -3.27. The predicted octanol–water partition coefficient (Wildman–Crippen LogP) is 3.17. The fraction of sp³-hybridized carbons (Fsp3) is 0.450. The quantitative estimate of drug-likeness (QED) is 0.662. The van der Waals surface area contributed by atoms with E-state index >= 15 is 0 Å². The van der Waals surface area contributed by atoms with Gasteiger partial charge in [0.15, 0.2) is 0 Å². The van der Waals surface area contributed by atoms with Crippen LogP contribution in [0.1, 0.15) is 39.5 Å². The summed E-state index contributed by atoms with van der Waals surface area (Å²) >= 11 is 0. The summed E-state index contributed by atoms with van der Waals surface area (Å²) in [7, 11) is -3.27. The number of amides is 1. The number of carbonyl (C=O) groups excluding carboxylic acids is 1. The number of carbonyl (C=O) groups is 1. The summed E-state index contributed by atoms with van der Waals surface area (Å²) in [5, 5.41) is 1.71. The molecule has 0 bridgehead atoms. The molecule has 1 fully saturated rings. The smallest absolute Gasteiger partial charge is 0.241 e. The van der Waals surface area contributed by atoms with E-state index in [9.17, 15) is 13.2 Å².